The third-order valence-electron chi connectivity index (χ3n) is 6.73. The van der Waals surface area contributed by atoms with E-state index in [1.165, 1.54) is 6.33 Å². The van der Waals surface area contributed by atoms with Gasteiger partial charge >= 0.3 is 5.97 Å². The molecule has 12 nitrogen and oxygen atoms in total. The molecule has 0 bridgehead atoms. The van der Waals surface area contributed by atoms with Gasteiger partial charge in [-0.1, -0.05) is 45.9 Å². The highest BCUT2D eigenvalue weighted by Gasteiger charge is 2.31. The highest BCUT2D eigenvalue weighted by molar-refractivity contribution is 5.95. The Morgan fingerprint density at radius 2 is 1.46 bits per heavy atom. The van der Waals surface area contributed by atoms with Crippen LogP contribution in [0.25, 0.3) is 10.9 Å². The maximum atomic E-state index is 13.7. The van der Waals surface area contributed by atoms with Gasteiger partial charge in [0.2, 0.25) is 17.7 Å². The molecule has 4 unspecified atom stereocenters. The summed E-state index contributed by atoms with van der Waals surface area (Å²) in [7, 11) is 0. The lowest BCUT2D eigenvalue weighted by atomic mass is 9.99. The maximum Gasteiger partial charge on any atom is 0.326 e. The fraction of sp³-hybridized carbons (Fsp3) is 0.483. The van der Waals surface area contributed by atoms with Crippen molar-refractivity contribution in [3.05, 3.63) is 54.2 Å². The fourth-order valence-electron chi connectivity index (χ4n) is 4.67. The van der Waals surface area contributed by atoms with Gasteiger partial charge in [-0.15, -0.1) is 0 Å². The van der Waals surface area contributed by atoms with Gasteiger partial charge in [0.05, 0.1) is 12.4 Å². The number of imidazole rings is 1. The van der Waals surface area contributed by atoms with Gasteiger partial charge in [-0.2, -0.15) is 0 Å². The van der Waals surface area contributed by atoms with Crippen molar-refractivity contribution < 1.29 is 24.3 Å². The smallest absolute Gasteiger partial charge is 0.326 e. The van der Waals surface area contributed by atoms with Gasteiger partial charge in [0.25, 0.3) is 0 Å². The quantitative estimate of drug-likeness (QED) is 0.145. The highest BCUT2D eigenvalue weighted by Crippen LogP contribution is 2.19. The predicted molar refractivity (Wildman–Crippen MR) is 155 cm³/mol. The molecule has 8 N–H and O–H groups in total. The van der Waals surface area contributed by atoms with Crippen LogP contribution in [0.2, 0.25) is 0 Å². The average molecular weight is 568 g/mol. The van der Waals surface area contributed by atoms with Gasteiger partial charge in [0.1, 0.15) is 18.1 Å². The monoisotopic (exact) mass is 567 g/mol. The number of carbonyl (C=O) groups excluding carboxylic acids is 3. The first kappa shape index (κ1) is 31.3. The van der Waals surface area contributed by atoms with E-state index in [4.69, 9.17) is 5.73 Å². The summed E-state index contributed by atoms with van der Waals surface area (Å²) >= 11 is 0. The standard InChI is InChI=1S/C29H41N7O5/c1-16(2)9-23(27(38)36-25(29(40)41)10-17(3)4)35-28(39)24(11-18-13-32-22-8-6-5-7-20(18)22)34-26(37)21(30)12-19-14-31-15-33-19/h5-8,13-17,21,23-25,32H,9-12,30H2,1-4H3,(H,31,33)(H,34,37)(H,35,39)(H,36,38)(H,40,41). The van der Waals surface area contributed by atoms with Gasteiger partial charge in [-0.05, 0) is 36.3 Å². The molecule has 0 radical (unpaired) electrons. The molecule has 0 aliphatic heterocycles. The van der Waals surface area contributed by atoms with E-state index >= 15 is 0 Å². The number of aromatic amines is 2. The van der Waals surface area contributed by atoms with Crippen LogP contribution in [0, 0.1) is 11.8 Å². The van der Waals surface area contributed by atoms with E-state index in [2.05, 4.69) is 30.9 Å². The number of hydrogen-bond donors (Lipinski definition) is 7. The Balaban J connectivity index is 1.82. The molecule has 3 amide bonds. The Hall–Kier alpha value is -4.19. The van der Waals surface area contributed by atoms with E-state index in [0.29, 0.717) is 5.69 Å². The fourth-order valence-corrected chi connectivity index (χ4v) is 4.67. The molecule has 3 rings (SSSR count). The first-order valence-corrected chi connectivity index (χ1v) is 13.9. The molecule has 0 saturated heterocycles. The molecule has 2 heterocycles. The van der Waals surface area contributed by atoms with E-state index in [1.807, 2.05) is 52.0 Å². The van der Waals surface area contributed by atoms with Gasteiger partial charge < -0.3 is 36.8 Å². The predicted octanol–water partition coefficient (Wildman–Crippen LogP) is 1.63. The number of aromatic nitrogens is 3. The average Bonchev–Trinajstić information content (AvgIpc) is 3.56. The third kappa shape index (κ3) is 9.17. The number of rotatable bonds is 15. The summed E-state index contributed by atoms with van der Waals surface area (Å²) in [6, 6.07) is 3.51. The minimum Gasteiger partial charge on any atom is -0.480 e. The first-order chi connectivity index (χ1) is 19.4. The molecule has 0 spiro atoms. The molecule has 222 valence electrons. The Labute approximate surface area is 239 Å². The zero-order valence-corrected chi connectivity index (χ0v) is 23.9. The molecule has 4 atom stereocenters. The van der Waals surface area contributed by atoms with Crippen LogP contribution < -0.4 is 21.7 Å². The van der Waals surface area contributed by atoms with Crippen molar-refractivity contribution in [1.29, 1.82) is 0 Å². The van der Waals surface area contributed by atoms with E-state index in [0.717, 1.165) is 16.5 Å². The second-order valence-electron chi connectivity index (χ2n) is 11.2. The van der Waals surface area contributed by atoms with Crippen LogP contribution in [0.4, 0.5) is 0 Å². The highest BCUT2D eigenvalue weighted by atomic mass is 16.4. The number of nitrogens with one attached hydrogen (secondary N) is 5. The Morgan fingerprint density at radius 1 is 0.854 bits per heavy atom. The number of para-hydroxylation sites is 1. The van der Waals surface area contributed by atoms with Crippen molar-refractivity contribution in [2.75, 3.05) is 0 Å². The minimum absolute atomic E-state index is 0.0175. The number of carbonyl (C=O) groups is 4. The van der Waals surface area contributed by atoms with Crippen molar-refractivity contribution in [1.82, 2.24) is 30.9 Å². The first-order valence-electron chi connectivity index (χ1n) is 13.9. The normalized spacial score (nSPS) is 14.4. The van der Waals surface area contributed by atoms with Crippen molar-refractivity contribution in [2.24, 2.45) is 17.6 Å². The molecule has 1 aromatic carbocycles. The van der Waals surface area contributed by atoms with Crippen molar-refractivity contribution in [3.63, 3.8) is 0 Å². The summed E-state index contributed by atoms with van der Waals surface area (Å²) in [6.07, 6.45) is 5.70. The van der Waals surface area contributed by atoms with Gasteiger partial charge in [0.15, 0.2) is 0 Å². The number of amides is 3. The molecular weight excluding hydrogens is 526 g/mol. The number of aliphatic carboxylic acids is 1. The van der Waals surface area contributed by atoms with Crippen molar-refractivity contribution in [2.45, 2.75) is 77.5 Å². The van der Waals surface area contributed by atoms with Crippen LogP contribution in [0.5, 0.6) is 0 Å². The summed E-state index contributed by atoms with van der Waals surface area (Å²) in [5.74, 6) is -2.79. The SMILES string of the molecule is CC(C)CC(NC(=O)C(CC(C)C)NC(=O)C(Cc1c[nH]c2ccccc12)NC(=O)C(N)Cc1cnc[nH]1)C(=O)O. The number of nitrogens with two attached hydrogens (primary N) is 1. The number of carboxylic acids is 1. The molecule has 0 fully saturated rings. The Kier molecular flexibility index (Phi) is 11.0. The van der Waals surface area contributed by atoms with Crippen LogP contribution in [-0.2, 0) is 32.0 Å². The lowest BCUT2D eigenvalue weighted by Gasteiger charge is -2.26. The largest absolute Gasteiger partial charge is 0.480 e. The van der Waals surface area contributed by atoms with Gasteiger partial charge in [0, 0.05) is 41.8 Å². The lowest BCUT2D eigenvalue weighted by Crippen LogP contribution is -2.58. The van der Waals surface area contributed by atoms with E-state index < -0.39 is 47.9 Å². The molecular formula is C29H41N7O5. The van der Waals surface area contributed by atoms with Crippen molar-refractivity contribution in [3.8, 4) is 0 Å². The second kappa shape index (κ2) is 14.4. The summed E-state index contributed by atoms with van der Waals surface area (Å²) < 4.78 is 0. The van der Waals surface area contributed by atoms with Crippen LogP contribution in [0.3, 0.4) is 0 Å². The number of fused-ring (bicyclic) bond motifs is 1. The van der Waals surface area contributed by atoms with E-state index in [1.54, 1.807) is 12.4 Å². The third-order valence-corrected chi connectivity index (χ3v) is 6.73. The lowest BCUT2D eigenvalue weighted by molar-refractivity contribution is -0.143. The van der Waals surface area contributed by atoms with Crippen LogP contribution in [0.15, 0.2) is 43.0 Å². The van der Waals surface area contributed by atoms with Crippen LogP contribution >= 0.6 is 0 Å². The Bertz CT molecular complexity index is 1320. The van der Waals surface area contributed by atoms with Crippen LogP contribution in [0.1, 0.15) is 51.8 Å². The second-order valence-corrected chi connectivity index (χ2v) is 11.2. The molecule has 0 aliphatic rings. The summed E-state index contributed by atoms with van der Waals surface area (Å²) in [5.41, 5.74) is 8.50. The Morgan fingerprint density at radius 3 is 2.10 bits per heavy atom. The zero-order chi connectivity index (χ0) is 30.1. The molecule has 3 aromatic rings. The molecule has 41 heavy (non-hydrogen) atoms. The number of benzene rings is 1. The minimum atomic E-state index is -1.14. The number of H-pyrrole nitrogens is 2. The molecule has 0 saturated carbocycles. The van der Waals surface area contributed by atoms with E-state index in [9.17, 15) is 24.3 Å². The molecule has 12 heteroatoms. The molecule has 0 aliphatic carbocycles. The maximum absolute atomic E-state index is 13.7. The number of nitrogens with zero attached hydrogens (tertiary/aromatic N) is 1. The van der Waals surface area contributed by atoms with Crippen LogP contribution in [-0.4, -0.2) is 67.9 Å². The summed E-state index contributed by atoms with van der Waals surface area (Å²) in [4.78, 5) is 61.8. The topological polar surface area (TPSA) is 195 Å². The summed E-state index contributed by atoms with van der Waals surface area (Å²) in [5, 5.41) is 18.6. The summed E-state index contributed by atoms with van der Waals surface area (Å²) in [6.45, 7) is 7.53. The molecule has 2 aromatic heterocycles. The zero-order valence-electron chi connectivity index (χ0n) is 23.9. The van der Waals surface area contributed by atoms with Gasteiger partial charge in [-0.25, -0.2) is 9.78 Å². The van der Waals surface area contributed by atoms with E-state index in [-0.39, 0.29) is 37.5 Å². The number of hydrogen-bond acceptors (Lipinski definition) is 6. The van der Waals surface area contributed by atoms with Crippen molar-refractivity contribution >= 4 is 34.6 Å². The van der Waals surface area contributed by atoms with Gasteiger partial charge in [-0.3, -0.25) is 14.4 Å². The number of carboxylic acid groups (broad SMARTS) is 1.